The van der Waals surface area contributed by atoms with Crippen LogP contribution in [0.4, 0.5) is 4.39 Å². The lowest BCUT2D eigenvalue weighted by atomic mass is 10.1. The molecule has 0 saturated heterocycles. The first-order valence-electron chi connectivity index (χ1n) is 8.86. The highest BCUT2D eigenvalue weighted by Crippen LogP contribution is 2.36. The summed E-state index contributed by atoms with van der Waals surface area (Å²) in [6, 6.07) is 16.3. The number of halogens is 4. The van der Waals surface area contributed by atoms with E-state index in [2.05, 4.69) is 10.2 Å². The molecule has 0 aliphatic carbocycles. The molecule has 0 aliphatic heterocycles. The second kappa shape index (κ2) is 8.94. The summed E-state index contributed by atoms with van der Waals surface area (Å²) in [5.41, 5.74) is 1.17. The van der Waals surface area contributed by atoms with Crippen molar-refractivity contribution in [3.63, 3.8) is 0 Å². The Balaban J connectivity index is 1.61. The van der Waals surface area contributed by atoms with E-state index < -0.39 is 5.82 Å². The maximum Gasteiger partial charge on any atom is 0.247 e. The van der Waals surface area contributed by atoms with Crippen LogP contribution in [0.25, 0.3) is 11.5 Å². The lowest BCUT2D eigenvalue weighted by molar-refractivity contribution is 0.437. The van der Waals surface area contributed by atoms with E-state index in [1.807, 2.05) is 6.07 Å². The third kappa shape index (κ3) is 4.80. The highest BCUT2D eigenvalue weighted by molar-refractivity contribution is 6.32. The number of hydrogen-bond donors (Lipinski definition) is 0. The highest BCUT2D eigenvalue weighted by atomic mass is 35.5. The van der Waals surface area contributed by atoms with Crippen molar-refractivity contribution in [3.8, 4) is 29.0 Å². The van der Waals surface area contributed by atoms with Crippen molar-refractivity contribution in [2.45, 2.75) is 6.42 Å². The zero-order valence-corrected chi connectivity index (χ0v) is 17.8. The van der Waals surface area contributed by atoms with Crippen molar-refractivity contribution in [2.24, 2.45) is 0 Å². The molecular formula is C22H11Cl3FN3O2. The molecule has 9 heteroatoms. The average Bonchev–Trinajstić information content (AvgIpc) is 3.21. The Morgan fingerprint density at radius 3 is 2.61 bits per heavy atom. The fourth-order valence-electron chi connectivity index (χ4n) is 2.83. The molecule has 154 valence electrons. The molecule has 0 amide bonds. The molecule has 0 atom stereocenters. The molecule has 0 radical (unpaired) electrons. The molecule has 0 aliphatic rings. The predicted molar refractivity (Wildman–Crippen MR) is 115 cm³/mol. The van der Waals surface area contributed by atoms with E-state index in [0.717, 1.165) is 0 Å². The van der Waals surface area contributed by atoms with Gasteiger partial charge in [0.25, 0.3) is 0 Å². The Bertz CT molecular complexity index is 1320. The standard InChI is InChI=1S/C22H11Cl3FN3O2/c23-15-3-1-2-14(8-15)22-29-28-19(31-22)9-13-4-5-18(25)21(20(13)26)30-17-7-12(11-27)6-16(24)10-17/h1-8,10H,9H2. The summed E-state index contributed by atoms with van der Waals surface area (Å²) < 4.78 is 26.4. The largest absolute Gasteiger partial charge is 0.453 e. The van der Waals surface area contributed by atoms with Crippen molar-refractivity contribution in [1.29, 1.82) is 5.26 Å². The number of nitrogens with zero attached hydrogens (tertiary/aromatic N) is 3. The number of benzene rings is 3. The van der Waals surface area contributed by atoms with Gasteiger partial charge in [-0.1, -0.05) is 46.9 Å². The molecule has 1 heterocycles. The fourth-order valence-corrected chi connectivity index (χ4v) is 3.43. The van der Waals surface area contributed by atoms with Crippen LogP contribution in [0.1, 0.15) is 17.0 Å². The third-order valence-corrected chi connectivity index (χ3v) is 4.98. The van der Waals surface area contributed by atoms with Gasteiger partial charge in [-0.25, -0.2) is 4.39 Å². The molecule has 3 aromatic carbocycles. The Morgan fingerprint density at radius 2 is 1.84 bits per heavy atom. The summed E-state index contributed by atoms with van der Waals surface area (Å²) in [7, 11) is 0. The van der Waals surface area contributed by atoms with Crippen LogP contribution in [0.15, 0.2) is 59.0 Å². The molecule has 4 aromatic rings. The number of hydrogen-bond acceptors (Lipinski definition) is 5. The van der Waals surface area contributed by atoms with E-state index in [1.165, 1.54) is 30.3 Å². The first-order valence-corrected chi connectivity index (χ1v) is 10.00. The molecule has 4 rings (SSSR count). The molecule has 0 bridgehead atoms. The van der Waals surface area contributed by atoms with Crippen LogP contribution in [0.5, 0.6) is 11.5 Å². The van der Waals surface area contributed by atoms with E-state index in [9.17, 15) is 0 Å². The van der Waals surface area contributed by atoms with E-state index in [1.54, 1.807) is 24.3 Å². The zero-order valence-electron chi connectivity index (χ0n) is 15.6. The minimum absolute atomic E-state index is 0.0198. The summed E-state index contributed by atoms with van der Waals surface area (Å²) >= 11 is 18.1. The van der Waals surface area contributed by atoms with Crippen molar-refractivity contribution in [3.05, 3.63) is 92.5 Å². The summed E-state index contributed by atoms with van der Waals surface area (Å²) in [5, 5.41) is 17.9. The fraction of sp³-hybridized carbons (Fsp3) is 0.0455. The molecule has 0 fully saturated rings. The lowest BCUT2D eigenvalue weighted by Crippen LogP contribution is -1.98. The van der Waals surface area contributed by atoms with Crippen molar-refractivity contribution in [1.82, 2.24) is 10.2 Å². The number of rotatable bonds is 5. The van der Waals surface area contributed by atoms with Gasteiger partial charge in [-0.15, -0.1) is 10.2 Å². The summed E-state index contributed by atoms with van der Waals surface area (Å²) in [4.78, 5) is 0. The summed E-state index contributed by atoms with van der Waals surface area (Å²) in [6.45, 7) is 0. The topological polar surface area (TPSA) is 71.9 Å². The van der Waals surface area contributed by atoms with Crippen molar-refractivity contribution < 1.29 is 13.5 Å². The number of ether oxygens (including phenoxy) is 1. The van der Waals surface area contributed by atoms with Gasteiger partial charge in [-0.05, 0) is 42.5 Å². The molecule has 1 aromatic heterocycles. The zero-order chi connectivity index (χ0) is 22.0. The van der Waals surface area contributed by atoms with Crippen LogP contribution < -0.4 is 4.74 Å². The third-order valence-electron chi connectivity index (χ3n) is 4.23. The van der Waals surface area contributed by atoms with Gasteiger partial charge in [0.15, 0.2) is 11.6 Å². The quantitative estimate of drug-likeness (QED) is 0.309. The monoisotopic (exact) mass is 473 g/mol. The van der Waals surface area contributed by atoms with Crippen molar-refractivity contribution in [2.75, 3.05) is 0 Å². The first kappa shape index (κ1) is 21.1. The average molecular weight is 475 g/mol. The minimum atomic E-state index is -0.687. The maximum absolute atomic E-state index is 15.2. The lowest BCUT2D eigenvalue weighted by Gasteiger charge is -2.11. The molecule has 31 heavy (non-hydrogen) atoms. The Labute approximate surface area is 191 Å². The number of nitriles is 1. The Morgan fingerprint density at radius 1 is 1.00 bits per heavy atom. The minimum Gasteiger partial charge on any atom is -0.453 e. The van der Waals surface area contributed by atoms with Gasteiger partial charge in [-0.3, -0.25) is 0 Å². The number of aromatic nitrogens is 2. The normalized spacial score (nSPS) is 10.7. The molecule has 0 unspecified atom stereocenters. The SMILES string of the molecule is N#Cc1cc(Cl)cc(Oc2c(Cl)ccc(Cc3nnc(-c4cccc(Cl)c4)o3)c2F)c1. The molecule has 5 nitrogen and oxygen atoms in total. The van der Waals surface area contributed by atoms with Gasteiger partial charge < -0.3 is 9.15 Å². The van der Waals surface area contributed by atoms with Gasteiger partial charge in [-0.2, -0.15) is 5.26 Å². The summed E-state index contributed by atoms with van der Waals surface area (Å²) in [5.74, 6) is -0.223. The maximum atomic E-state index is 15.2. The Hall–Kier alpha value is -3.11. The van der Waals surface area contributed by atoms with Gasteiger partial charge in [0.05, 0.1) is 23.1 Å². The van der Waals surface area contributed by atoms with Crippen molar-refractivity contribution >= 4 is 34.8 Å². The van der Waals surface area contributed by atoms with Gasteiger partial charge in [0.1, 0.15) is 5.75 Å². The van der Waals surface area contributed by atoms with Gasteiger partial charge >= 0.3 is 0 Å². The van der Waals surface area contributed by atoms with Crippen LogP contribution >= 0.6 is 34.8 Å². The van der Waals surface area contributed by atoms with E-state index in [-0.39, 0.29) is 50.9 Å². The predicted octanol–water partition coefficient (Wildman–Crippen LogP) is 7.09. The van der Waals surface area contributed by atoms with E-state index in [4.69, 9.17) is 49.2 Å². The van der Waals surface area contributed by atoms with Crippen LogP contribution in [-0.2, 0) is 6.42 Å². The second-order valence-corrected chi connectivity index (χ2v) is 7.71. The second-order valence-electron chi connectivity index (χ2n) is 6.43. The van der Waals surface area contributed by atoms with Crippen LogP contribution in [0, 0.1) is 17.1 Å². The van der Waals surface area contributed by atoms with Crippen LogP contribution in [0.2, 0.25) is 15.1 Å². The first-order chi connectivity index (χ1) is 14.9. The molecule has 0 saturated carbocycles. The van der Waals surface area contributed by atoms with Crippen LogP contribution in [-0.4, -0.2) is 10.2 Å². The Kier molecular flexibility index (Phi) is 6.10. The molecular weight excluding hydrogens is 464 g/mol. The van der Waals surface area contributed by atoms with Crippen LogP contribution in [0.3, 0.4) is 0 Å². The van der Waals surface area contributed by atoms with E-state index >= 15 is 4.39 Å². The molecule has 0 N–H and O–H groups in total. The highest BCUT2D eigenvalue weighted by Gasteiger charge is 2.18. The van der Waals surface area contributed by atoms with Gasteiger partial charge in [0.2, 0.25) is 11.8 Å². The molecule has 0 spiro atoms. The smallest absolute Gasteiger partial charge is 0.247 e. The van der Waals surface area contributed by atoms with Gasteiger partial charge in [0, 0.05) is 21.2 Å². The van der Waals surface area contributed by atoms with E-state index in [0.29, 0.717) is 10.6 Å². The summed E-state index contributed by atoms with van der Waals surface area (Å²) in [6.07, 6.45) is 0.0198.